The third-order valence-corrected chi connectivity index (χ3v) is 8.44. The molecule has 3 rings (SSSR count). The van der Waals surface area contributed by atoms with Crippen molar-refractivity contribution in [2.45, 2.75) is 58.4 Å². The van der Waals surface area contributed by atoms with E-state index in [-0.39, 0.29) is 24.7 Å². The summed E-state index contributed by atoms with van der Waals surface area (Å²) < 4.78 is 67.2. The third-order valence-electron chi connectivity index (χ3n) is 6.97. The number of amides is 2. The van der Waals surface area contributed by atoms with E-state index in [9.17, 15) is 31.2 Å². The molecule has 0 unspecified atom stereocenters. The molecule has 12 heteroatoms. The summed E-state index contributed by atoms with van der Waals surface area (Å²) in [6, 6.07) is 17.7. The molecule has 0 bridgehead atoms. The number of carbonyl (C=O) groups is 2. The van der Waals surface area contributed by atoms with Crippen molar-refractivity contribution < 1.29 is 31.2 Å². The summed E-state index contributed by atoms with van der Waals surface area (Å²) in [5.74, 6) is -1.20. The smallest absolute Gasteiger partial charge is 0.352 e. The summed E-state index contributed by atoms with van der Waals surface area (Å²) in [7, 11) is -4.25. The molecular formula is C31H35ClF3N3O4S. The second kappa shape index (κ2) is 14.3. The summed E-state index contributed by atoms with van der Waals surface area (Å²) >= 11 is 5.76. The van der Waals surface area contributed by atoms with E-state index in [0.717, 1.165) is 29.5 Å². The number of benzene rings is 3. The van der Waals surface area contributed by atoms with Crippen molar-refractivity contribution >= 4 is 39.1 Å². The van der Waals surface area contributed by atoms with Gasteiger partial charge in [0.05, 0.1) is 22.5 Å². The van der Waals surface area contributed by atoms with Gasteiger partial charge in [-0.05, 0) is 49.6 Å². The van der Waals surface area contributed by atoms with Crippen LogP contribution in [0.25, 0.3) is 0 Å². The summed E-state index contributed by atoms with van der Waals surface area (Å²) in [4.78, 5) is 29.0. The normalized spacial score (nSPS) is 13.2. The molecule has 0 aliphatic heterocycles. The van der Waals surface area contributed by atoms with Gasteiger partial charge in [-0.2, -0.15) is 13.2 Å². The molecular weight excluding hydrogens is 603 g/mol. The average Bonchev–Trinajstić information content (AvgIpc) is 2.94. The molecule has 3 aromatic carbocycles. The maximum atomic E-state index is 14.1. The van der Waals surface area contributed by atoms with Crippen molar-refractivity contribution in [3.05, 3.63) is 100 Å². The van der Waals surface area contributed by atoms with E-state index < -0.39 is 51.2 Å². The Morgan fingerprint density at radius 1 is 0.977 bits per heavy atom. The molecule has 0 aromatic heterocycles. The molecule has 7 nitrogen and oxygen atoms in total. The number of alkyl halides is 3. The largest absolute Gasteiger partial charge is 0.417 e. The van der Waals surface area contributed by atoms with Crippen molar-refractivity contribution in [1.29, 1.82) is 0 Å². The van der Waals surface area contributed by atoms with Crippen LogP contribution >= 0.6 is 11.6 Å². The number of rotatable bonds is 12. The summed E-state index contributed by atoms with van der Waals surface area (Å²) in [6.45, 7) is 4.74. The SMILES string of the molecule is CC[C@H](C)NC(=O)[C@H](Cc1ccccc1)N(Cc1ccc(C)cc1)C(=O)CN(c1ccc(Cl)c(C(F)(F)F)c1)S(C)(=O)=O. The Bertz CT molecular complexity index is 1520. The fourth-order valence-corrected chi connectivity index (χ4v) is 5.45. The molecule has 0 saturated carbocycles. The standard InChI is InChI=1S/C31H35ClF3N3O4S/c1-5-22(3)36-30(40)28(17-23-9-7-6-8-10-23)37(19-24-13-11-21(2)12-14-24)29(39)20-38(43(4,41)42)25-15-16-27(32)26(18-25)31(33,34)35/h6-16,18,22,28H,5,17,19-20H2,1-4H3,(H,36,40)/t22-,28-/m0/s1. The van der Waals surface area contributed by atoms with Crippen LogP contribution in [0.1, 0.15) is 42.5 Å². The van der Waals surface area contributed by atoms with Crippen LogP contribution in [0, 0.1) is 6.92 Å². The van der Waals surface area contributed by atoms with E-state index in [2.05, 4.69) is 5.32 Å². The Hall–Kier alpha value is -3.57. The highest BCUT2D eigenvalue weighted by Crippen LogP contribution is 2.37. The van der Waals surface area contributed by atoms with Crippen LogP contribution in [-0.2, 0) is 38.8 Å². The number of halogens is 4. The van der Waals surface area contributed by atoms with Crippen LogP contribution in [0.15, 0.2) is 72.8 Å². The lowest BCUT2D eigenvalue weighted by atomic mass is 10.0. The zero-order chi connectivity index (χ0) is 31.9. The number of carbonyl (C=O) groups excluding carboxylic acids is 2. The number of hydrogen-bond donors (Lipinski definition) is 1. The van der Waals surface area contributed by atoms with Crippen LogP contribution < -0.4 is 9.62 Å². The number of nitrogens with zero attached hydrogens (tertiary/aromatic N) is 2. The van der Waals surface area contributed by atoms with Crippen LogP contribution in [-0.4, -0.2) is 50.0 Å². The third kappa shape index (κ3) is 9.46. The molecule has 0 radical (unpaired) electrons. The predicted molar refractivity (Wildman–Crippen MR) is 162 cm³/mol. The Labute approximate surface area is 255 Å². The Morgan fingerprint density at radius 3 is 2.16 bits per heavy atom. The molecule has 1 N–H and O–H groups in total. The second-order valence-electron chi connectivity index (χ2n) is 10.5. The van der Waals surface area contributed by atoms with Crippen LogP contribution in [0.5, 0.6) is 0 Å². The first-order valence-electron chi connectivity index (χ1n) is 13.6. The molecule has 0 saturated heterocycles. The number of anilines is 1. The molecule has 43 heavy (non-hydrogen) atoms. The van der Waals surface area contributed by atoms with Gasteiger partial charge in [-0.3, -0.25) is 13.9 Å². The molecule has 2 atom stereocenters. The number of aryl methyl sites for hydroxylation is 1. The zero-order valence-corrected chi connectivity index (χ0v) is 25.9. The van der Waals surface area contributed by atoms with Gasteiger partial charge in [0.2, 0.25) is 21.8 Å². The molecule has 0 fully saturated rings. The van der Waals surface area contributed by atoms with Gasteiger partial charge >= 0.3 is 6.18 Å². The maximum Gasteiger partial charge on any atom is 0.417 e. The molecule has 0 aliphatic carbocycles. The van der Waals surface area contributed by atoms with E-state index >= 15 is 0 Å². The van der Waals surface area contributed by atoms with Crippen molar-refractivity contribution in [2.75, 3.05) is 17.1 Å². The van der Waals surface area contributed by atoms with Gasteiger partial charge in [0.25, 0.3) is 0 Å². The average molecular weight is 638 g/mol. The van der Waals surface area contributed by atoms with E-state index in [1.54, 1.807) is 24.3 Å². The lowest BCUT2D eigenvalue weighted by molar-refractivity contribution is -0.140. The van der Waals surface area contributed by atoms with Crippen LogP contribution in [0.2, 0.25) is 5.02 Å². The summed E-state index contributed by atoms with van der Waals surface area (Å²) in [5.41, 5.74) is 0.806. The highest BCUT2D eigenvalue weighted by Gasteiger charge is 2.36. The Morgan fingerprint density at radius 2 is 1.60 bits per heavy atom. The van der Waals surface area contributed by atoms with E-state index in [1.165, 1.54) is 4.90 Å². The van der Waals surface area contributed by atoms with E-state index in [4.69, 9.17) is 11.6 Å². The van der Waals surface area contributed by atoms with Gasteiger partial charge in [-0.1, -0.05) is 78.7 Å². The molecule has 0 aliphatic rings. The second-order valence-corrected chi connectivity index (χ2v) is 12.8. The highest BCUT2D eigenvalue weighted by molar-refractivity contribution is 7.92. The molecule has 0 spiro atoms. The fourth-order valence-electron chi connectivity index (χ4n) is 4.38. The number of sulfonamides is 1. The van der Waals surface area contributed by atoms with Crippen molar-refractivity contribution in [1.82, 2.24) is 10.2 Å². The first-order chi connectivity index (χ1) is 20.1. The predicted octanol–water partition coefficient (Wildman–Crippen LogP) is 5.99. The van der Waals surface area contributed by atoms with Crippen molar-refractivity contribution in [2.24, 2.45) is 0 Å². The van der Waals surface area contributed by atoms with Crippen LogP contribution in [0.3, 0.4) is 0 Å². The first kappa shape index (κ1) is 33.9. The van der Waals surface area contributed by atoms with Crippen molar-refractivity contribution in [3.8, 4) is 0 Å². The number of nitrogens with one attached hydrogen (secondary N) is 1. The van der Waals surface area contributed by atoms with E-state index in [0.29, 0.717) is 22.4 Å². The zero-order valence-electron chi connectivity index (χ0n) is 24.4. The van der Waals surface area contributed by atoms with Gasteiger partial charge in [0.15, 0.2) is 0 Å². The molecule has 232 valence electrons. The topological polar surface area (TPSA) is 86.8 Å². The van der Waals surface area contributed by atoms with Gasteiger partial charge in [0.1, 0.15) is 12.6 Å². The monoisotopic (exact) mass is 637 g/mol. The minimum Gasteiger partial charge on any atom is -0.352 e. The van der Waals surface area contributed by atoms with Gasteiger partial charge in [-0.25, -0.2) is 8.42 Å². The minimum absolute atomic E-state index is 0.0451. The van der Waals surface area contributed by atoms with Gasteiger partial charge in [0, 0.05) is 19.0 Å². The lowest BCUT2D eigenvalue weighted by Crippen LogP contribution is -2.54. The highest BCUT2D eigenvalue weighted by atomic mass is 35.5. The summed E-state index contributed by atoms with van der Waals surface area (Å²) in [6.07, 6.45) is -3.30. The Balaban J connectivity index is 2.10. The molecule has 2 amide bonds. The molecule has 3 aromatic rings. The fraction of sp³-hybridized carbons (Fsp3) is 0.355. The quantitative estimate of drug-likeness (QED) is 0.264. The first-order valence-corrected chi connectivity index (χ1v) is 15.9. The molecule has 0 heterocycles. The minimum atomic E-state index is -4.85. The van der Waals surface area contributed by atoms with E-state index in [1.807, 2.05) is 51.1 Å². The maximum absolute atomic E-state index is 14.1. The lowest BCUT2D eigenvalue weighted by Gasteiger charge is -2.34. The van der Waals surface area contributed by atoms with Gasteiger partial charge < -0.3 is 10.2 Å². The summed E-state index contributed by atoms with van der Waals surface area (Å²) in [5, 5.41) is 2.31. The Kier molecular flexibility index (Phi) is 11.3. The van der Waals surface area contributed by atoms with Crippen molar-refractivity contribution in [3.63, 3.8) is 0 Å². The number of hydrogen-bond acceptors (Lipinski definition) is 4. The van der Waals surface area contributed by atoms with Gasteiger partial charge in [-0.15, -0.1) is 0 Å². The van der Waals surface area contributed by atoms with Crippen LogP contribution in [0.4, 0.5) is 18.9 Å².